The molecule has 0 saturated carbocycles. The van der Waals surface area contributed by atoms with Crippen LogP contribution in [-0.2, 0) is 12.4 Å². The number of rotatable bonds is 1. The average molecular weight is 274 g/mol. The van der Waals surface area contributed by atoms with Crippen LogP contribution in [0.25, 0.3) is 0 Å². The summed E-state index contributed by atoms with van der Waals surface area (Å²) in [7, 11) is 0.996. The van der Waals surface area contributed by atoms with E-state index < -0.39 is 29.2 Å². The Morgan fingerprint density at radius 3 is 1.33 bits per heavy atom. The molecule has 1 aromatic carbocycles. The molecule has 0 saturated heterocycles. The van der Waals surface area contributed by atoms with E-state index in [4.69, 9.17) is 0 Å². The zero-order valence-corrected chi connectivity index (χ0v) is 9.91. The van der Waals surface area contributed by atoms with E-state index in [-0.39, 0.29) is 6.07 Å². The molecule has 0 unspecified atom stereocenters. The topological polar surface area (TPSA) is 9.23 Å². The summed E-state index contributed by atoms with van der Waals surface area (Å²) in [6, 6.07) is 1.06. The van der Waals surface area contributed by atoms with Crippen molar-refractivity contribution >= 4 is 0 Å². The molecule has 1 nitrogen and oxygen atoms in total. The van der Waals surface area contributed by atoms with Gasteiger partial charge in [-0.15, -0.1) is 0 Å². The molecule has 18 heavy (non-hydrogen) atoms. The van der Waals surface area contributed by atoms with Crippen LogP contribution in [0.2, 0.25) is 0 Å². The summed E-state index contributed by atoms with van der Waals surface area (Å²) < 4.78 is 77.9. The summed E-state index contributed by atoms with van der Waals surface area (Å²) in [5, 5.41) is 0. The van der Waals surface area contributed by atoms with Crippen LogP contribution in [0.5, 0.6) is 5.75 Å². The van der Waals surface area contributed by atoms with Crippen molar-refractivity contribution in [1.29, 1.82) is 0 Å². The normalized spacial score (nSPS) is 11.6. The third kappa shape index (κ3) is 4.46. The Morgan fingerprint density at radius 2 is 1.11 bits per heavy atom. The minimum absolute atomic E-state index is 0.0442. The van der Waals surface area contributed by atoms with Crippen molar-refractivity contribution in [2.75, 3.05) is 7.11 Å². The van der Waals surface area contributed by atoms with Crippen LogP contribution in [0.1, 0.15) is 25.0 Å². The third-order valence-electron chi connectivity index (χ3n) is 1.80. The SMILES string of the molecule is CC.COc1cc(C(F)(F)F)cc(C(F)(F)F)c1. The maximum absolute atomic E-state index is 12.2. The van der Waals surface area contributed by atoms with Gasteiger partial charge in [-0.3, -0.25) is 0 Å². The molecule has 0 bridgehead atoms. The Bertz CT molecular complexity index is 348. The predicted octanol–water partition coefficient (Wildman–Crippen LogP) is 4.76. The molecule has 104 valence electrons. The van der Waals surface area contributed by atoms with Crippen LogP contribution < -0.4 is 4.74 Å². The lowest BCUT2D eigenvalue weighted by atomic mass is 10.1. The number of methoxy groups -OCH3 is 1. The largest absolute Gasteiger partial charge is 0.497 e. The molecule has 0 atom stereocenters. The number of hydrogen-bond acceptors (Lipinski definition) is 1. The lowest BCUT2D eigenvalue weighted by Gasteiger charge is -2.13. The maximum atomic E-state index is 12.2. The van der Waals surface area contributed by atoms with Gasteiger partial charge in [-0.25, -0.2) is 0 Å². The molecular formula is C11H12F6O. The number of alkyl halides is 6. The average Bonchev–Trinajstić information content (AvgIpc) is 2.29. The van der Waals surface area contributed by atoms with Crippen molar-refractivity contribution in [3.8, 4) is 5.75 Å². The molecule has 0 aromatic heterocycles. The highest BCUT2D eigenvalue weighted by Crippen LogP contribution is 2.37. The maximum Gasteiger partial charge on any atom is 0.416 e. The molecule has 0 fully saturated rings. The number of ether oxygens (including phenoxy) is 1. The number of hydrogen-bond donors (Lipinski definition) is 0. The zero-order valence-electron chi connectivity index (χ0n) is 9.91. The smallest absolute Gasteiger partial charge is 0.416 e. The Hall–Kier alpha value is -1.40. The Kier molecular flexibility index (Phi) is 5.51. The van der Waals surface area contributed by atoms with Gasteiger partial charge in [-0.2, -0.15) is 26.3 Å². The molecule has 0 spiro atoms. The van der Waals surface area contributed by atoms with Gasteiger partial charge >= 0.3 is 12.4 Å². The van der Waals surface area contributed by atoms with Gasteiger partial charge in [0.25, 0.3) is 0 Å². The number of halogens is 6. The highest BCUT2D eigenvalue weighted by Gasteiger charge is 2.37. The van der Waals surface area contributed by atoms with E-state index in [1.54, 1.807) is 0 Å². The molecule has 0 heterocycles. The molecule has 1 rings (SSSR count). The molecule has 1 aromatic rings. The van der Waals surface area contributed by atoms with Crippen molar-refractivity contribution in [2.45, 2.75) is 26.2 Å². The fourth-order valence-corrected chi connectivity index (χ4v) is 1.04. The molecule has 0 aliphatic carbocycles. The van der Waals surface area contributed by atoms with Crippen LogP contribution in [0.3, 0.4) is 0 Å². The van der Waals surface area contributed by atoms with Crippen LogP contribution in [0.15, 0.2) is 18.2 Å². The molecule has 7 heteroatoms. The van der Waals surface area contributed by atoms with Gasteiger partial charge in [-0.1, -0.05) is 13.8 Å². The van der Waals surface area contributed by atoms with Crippen molar-refractivity contribution in [3.63, 3.8) is 0 Å². The van der Waals surface area contributed by atoms with Gasteiger partial charge in [-0.05, 0) is 18.2 Å². The standard InChI is InChI=1S/C9H6F6O.C2H6/c1-16-7-3-5(8(10,11)12)2-6(4-7)9(13,14)15;1-2/h2-4H,1H3;1-2H3. The second-order valence-electron chi connectivity index (χ2n) is 2.95. The highest BCUT2D eigenvalue weighted by molar-refractivity contribution is 5.37. The highest BCUT2D eigenvalue weighted by atomic mass is 19.4. The van der Waals surface area contributed by atoms with Crippen molar-refractivity contribution in [3.05, 3.63) is 29.3 Å². The second kappa shape index (κ2) is 5.97. The van der Waals surface area contributed by atoms with E-state index >= 15 is 0 Å². The molecule has 0 amide bonds. The Labute approximate surface area is 100 Å². The van der Waals surface area contributed by atoms with Crippen LogP contribution in [0.4, 0.5) is 26.3 Å². The summed E-state index contributed by atoms with van der Waals surface area (Å²) in [6.07, 6.45) is -9.68. The molecule has 0 aliphatic heterocycles. The minimum atomic E-state index is -4.84. The van der Waals surface area contributed by atoms with Crippen LogP contribution in [-0.4, -0.2) is 7.11 Å². The van der Waals surface area contributed by atoms with Gasteiger partial charge in [0.1, 0.15) is 5.75 Å². The molecule has 0 radical (unpaired) electrons. The van der Waals surface area contributed by atoms with Crippen molar-refractivity contribution < 1.29 is 31.1 Å². The van der Waals surface area contributed by atoms with E-state index in [0.717, 1.165) is 7.11 Å². The van der Waals surface area contributed by atoms with E-state index in [1.165, 1.54) is 0 Å². The first-order valence-electron chi connectivity index (χ1n) is 4.98. The number of benzene rings is 1. The monoisotopic (exact) mass is 274 g/mol. The summed E-state index contributed by atoms with van der Waals surface area (Å²) in [5.74, 6) is -0.484. The first-order chi connectivity index (χ1) is 8.14. The van der Waals surface area contributed by atoms with Gasteiger partial charge in [0.05, 0.1) is 18.2 Å². The fraction of sp³-hybridized carbons (Fsp3) is 0.455. The lowest BCUT2D eigenvalue weighted by Crippen LogP contribution is -2.11. The van der Waals surface area contributed by atoms with Crippen LogP contribution in [0, 0.1) is 0 Å². The molecule has 0 aliphatic rings. The van der Waals surface area contributed by atoms with Crippen molar-refractivity contribution in [1.82, 2.24) is 0 Å². The first kappa shape index (κ1) is 16.6. The van der Waals surface area contributed by atoms with E-state index in [9.17, 15) is 26.3 Å². The second-order valence-corrected chi connectivity index (χ2v) is 2.95. The van der Waals surface area contributed by atoms with Gasteiger partial charge < -0.3 is 4.74 Å². The predicted molar refractivity (Wildman–Crippen MR) is 54.3 cm³/mol. The minimum Gasteiger partial charge on any atom is -0.497 e. The van der Waals surface area contributed by atoms with E-state index in [1.807, 2.05) is 13.8 Å². The van der Waals surface area contributed by atoms with E-state index in [2.05, 4.69) is 4.74 Å². The zero-order chi connectivity index (χ0) is 14.6. The summed E-state index contributed by atoms with van der Waals surface area (Å²) >= 11 is 0. The first-order valence-corrected chi connectivity index (χ1v) is 4.98. The molecular weight excluding hydrogens is 262 g/mol. The van der Waals surface area contributed by atoms with Crippen molar-refractivity contribution in [2.24, 2.45) is 0 Å². The van der Waals surface area contributed by atoms with Gasteiger partial charge in [0, 0.05) is 0 Å². The lowest BCUT2D eigenvalue weighted by molar-refractivity contribution is -0.143. The third-order valence-corrected chi connectivity index (χ3v) is 1.80. The van der Waals surface area contributed by atoms with Crippen LogP contribution >= 0.6 is 0 Å². The molecule has 0 N–H and O–H groups in total. The van der Waals surface area contributed by atoms with Gasteiger partial charge in [0.2, 0.25) is 0 Å². The summed E-state index contributed by atoms with van der Waals surface area (Å²) in [4.78, 5) is 0. The summed E-state index contributed by atoms with van der Waals surface area (Å²) in [5.41, 5.74) is -2.78. The quantitative estimate of drug-likeness (QED) is 0.671. The fourth-order valence-electron chi connectivity index (χ4n) is 1.04. The summed E-state index contributed by atoms with van der Waals surface area (Å²) in [6.45, 7) is 4.00. The van der Waals surface area contributed by atoms with E-state index in [0.29, 0.717) is 12.1 Å². The Balaban J connectivity index is 0.00000137. The Morgan fingerprint density at radius 1 is 0.778 bits per heavy atom. The van der Waals surface area contributed by atoms with Gasteiger partial charge in [0.15, 0.2) is 0 Å².